The van der Waals surface area contributed by atoms with Gasteiger partial charge in [-0.15, -0.1) is 0 Å². The molecule has 1 unspecified atom stereocenters. The average Bonchev–Trinajstić information content (AvgIpc) is 3.23. The third-order valence-electron chi connectivity index (χ3n) is 7.54. The summed E-state index contributed by atoms with van der Waals surface area (Å²) in [5.74, 6) is 0.464. The minimum atomic E-state index is -0.533. The van der Waals surface area contributed by atoms with Crippen molar-refractivity contribution in [2.45, 2.75) is 51.1 Å². The fourth-order valence-corrected chi connectivity index (χ4v) is 5.68. The smallest absolute Gasteiger partial charge is 0.250 e. The average molecular weight is 504 g/mol. The van der Waals surface area contributed by atoms with Crippen LogP contribution < -0.4 is 15.4 Å². The second kappa shape index (κ2) is 11.9. The van der Waals surface area contributed by atoms with E-state index in [1.54, 1.807) is 0 Å². The number of carbonyl (C=O) groups is 2. The molecule has 37 heavy (non-hydrogen) atoms. The molecule has 2 amide bonds. The van der Waals surface area contributed by atoms with Gasteiger partial charge in [-0.1, -0.05) is 55.7 Å². The third kappa shape index (κ3) is 6.05. The molecule has 1 saturated heterocycles. The van der Waals surface area contributed by atoms with Gasteiger partial charge in [0.25, 0.3) is 5.91 Å². The van der Waals surface area contributed by atoms with Crippen molar-refractivity contribution in [2.75, 3.05) is 39.5 Å². The largest absolute Gasteiger partial charge is 0.492 e. The van der Waals surface area contributed by atoms with E-state index in [0.717, 1.165) is 86.5 Å². The summed E-state index contributed by atoms with van der Waals surface area (Å²) in [5, 5.41) is 6.35. The molecule has 2 N–H and O–H groups in total. The first-order valence-corrected chi connectivity index (χ1v) is 13.5. The zero-order valence-corrected chi connectivity index (χ0v) is 21.6. The van der Waals surface area contributed by atoms with E-state index in [9.17, 15) is 9.59 Å². The molecule has 0 aromatic heterocycles. The lowest BCUT2D eigenvalue weighted by Crippen LogP contribution is -2.40. The van der Waals surface area contributed by atoms with Crippen molar-refractivity contribution in [1.82, 2.24) is 15.5 Å². The molecule has 1 atom stereocenters. The number of amides is 2. The van der Waals surface area contributed by atoms with E-state index >= 15 is 0 Å². The molecule has 2 aromatic rings. The second-order valence-corrected chi connectivity index (χ2v) is 10.1. The van der Waals surface area contributed by atoms with Gasteiger partial charge in [0.2, 0.25) is 5.91 Å². The van der Waals surface area contributed by atoms with Gasteiger partial charge in [-0.25, -0.2) is 0 Å². The van der Waals surface area contributed by atoms with Gasteiger partial charge in [0.1, 0.15) is 12.4 Å². The van der Waals surface area contributed by atoms with Gasteiger partial charge in [0.15, 0.2) is 0 Å². The number of benzene rings is 2. The minimum Gasteiger partial charge on any atom is -0.492 e. The molecular formula is C30H37N3O4. The molecule has 0 bridgehead atoms. The van der Waals surface area contributed by atoms with Gasteiger partial charge in [0.05, 0.1) is 24.8 Å². The maximum atomic E-state index is 13.8. The van der Waals surface area contributed by atoms with E-state index in [4.69, 9.17) is 9.47 Å². The molecule has 196 valence electrons. The maximum absolute atomic E-state index is 13.8. The molecule has 2 aromatic carbocycles. The standard InChI is InChI=1S/C30H37N3O4/c1-21(34)31-29-26-20-24(37-19-16-33-14-17-36-18-15-33)12-13-25(26)27(22-8-4-2-5-9-22)28(29)30(35)32-23-10-6-3-7-11-23/h2,4-5,8-9,12-13,20,23,29H,3,6-7,10-11,14-19H2,1H3,(H,31,34)(H,32,35). The molecule has 1 heterocycles. The van der Waals surface area contributed by atoms with Gasteiger partial charge in [-0.2, -0.15) is 0 Å². The fraction of sp³-hybridized carbons (Fsp3) is 0.467. The number of nitrogens with one attached hydrogen (secondary N) is 2. The Morgan fingerprint density at radius 1 is 1.00 bits per heavy atom. The van der Waals surface area contributed by atoms with Gasteiger partial charge in [-0.05, 0) is 41.7 Å². The first-order valence-electron chi connectivity index (χ1n) is 13.5. The highest BCUT2D eigenvalue weighted by Crippen LogP contribution is 2.45. The first-order chi connectivity index (χ1) is 18.1. The van der Waals surface area contributed by atoms with Crippen LogP contribution >= 0.6 is 0 Å². The van der Waals surface area contributed by atoms with Crippen molar-refractivity contribution in [1.29, 1.82) is 0 Å². The predicted molar refractivity (Wildman–Crippen MR) is 143 cm³/mol. The number of ether oxygens (including phenoxy) is 2. The molecule has 2 fully saturated rings. The van der Waals surface area contributed by atoms with E-state index in [1.165, 1.54) is 13.3 Å². The second-order valence-electron chi connectivity index (χ2n) is 10.1. The number of nitrogens with zero attached hydrogens (tertiary/aromatic N) is 1. The molecule has 3 aliphatic rings. The van der Waals surface area contributed by atoms with Crippen LogP contribution in [0.5, 0.6) is 5.75 Å². The highest BCUT2D eigenvalue weighted by Gasteiger charge is 2.37. The molecule has 1 saturated carbocycles. The summed E-state index contributed by atoms with van der Waals surface area (Å²) in [6, 6.07) is 15.6. The van der Waals surface area contributed by atoms with Crippen molar-refractivity contribution in [3.05, 3.63) is 70.8 Å². The summed E-state index contributed by atoms with van der Waals surface area (Å²) in [6.45, 7) is 6.26. The highest BCUT2D eigenvalue weighted by molar-refractivity contribution is 6.09. The van der Waals surface area contributed by atoms with Crippen molar-refractivity contribution >= 4 is 17.4 Å². The fourth-order valence-electron chi connectivity index (χ4n) is 5.68. The molecule has 0 spiro atoms. The molecule has 5 rings (SSSR count). The quantitative estimate of drug-likeness (QED) is 0.572. The number of carbonyl (C=O) groups excluding carboxylic acids is 2. The van der Waals surface area contributed by atoms with Crippen molar-refractivity contribution < 1.29 is 19.1 Å². The van der Waals surface area contributed by atoms with Crippen molar-refractivity contribution in [2.24, 2.45) is 0 Å². The third-order valence-corrected chi connectivity index (χ3v) is 7.54. The lowest BCUT2D eigenvalue weighted by atomic mass is 9.94. The first kappa shape index (κ1) is 25.5. The number of morpholine rings is 1. The number of hydrogen-bond donors (Lipinski definition) is 2. The highest BCUT2D eigenvalue weighted by atomic mass is 16.5. The summed E-state index contributed by atoms with van der Waals surface area (Å²) in [6.07, 6.45) is 5.49. The van der Waals surface area contributed by atoms with Crippen molar-refractivity contribution in [3.8, 4) is 5.75 Å². The Hall–Kier alpha value is -3.16. The number of fused-ring (bicyclic) bond motifs is 1. The monoisotopic (exact) mass is 503 g/mol. The predicted octanol–water partition coefficient (Wildman–Crippen LogP) is 3.84. The molecule has 1 aliphatic heterocycles. The summed E-state index contributed by atoms with van der Waals surface area (Å²) in [7, 11) is 0. The van der Waals surface area contributed by atoms with Crippen LogP contribution in [0.25, 0.3) is 5.57 Å². The van der Waals surface area contributed by atoms with E-state index in [2.05, 4.69) is 15.5 Å². The molecule has 7 nitrogen and oxygen atoms in total. The number of rotatable bonds is 8. The van der Waals surface area contributed by atoms with E-state index in [-0.39, 0.29) is 17.9 Å². The summed E-state index contributed by atoms with van der Waals surface area (Å²) in [4.78, 5) is 28.5. The molecule has 2 aliphatic carbocycles. The van der Waals surface area contributed by atoms with E-state index < -0.39 is 6.04 Å². The summed E-state index contributed by atoms with van der Waals surface area (Å²) in [5.41, 5.74) is 4.30. The molecule has 7 heteroatoms. The van der Waals surface area contributed by atoms with Crippen molar-refractivity contribution in [3.63, 3.8) is 0 Å². The van der Waals surface area contributed by atoms with Gasteiger partial charge in [0, 0.05) is 38.2 Å². The Morgan fingerprint density at radius 2 is 1.76 bits per heavy atom. The Kier molecular flexibility index (Phi) is 8.21. The van der Waals surface area contributed by atoms with Gasteiger partial charge < -0.3 is 20.1 Å². The van der Waals surface area contributed by atoms with Crippen LogP contribution in [0.4, 0.5) is 0 Å². The molecule has 0 radical (unpaired) electrons. The lowest BCUT2D eigenvalue weighted by molar-refractivity contribution is -0.120. The summed E-state index contributed by atoms with van der Waals surface area (Å²) >= 11 is 0. The van der Waals surface area contributed by atoms with Crippen LogP contribution in [-0.4, -0.2) is 62.2 Å². The van der Waals surface area contributed by atoms with Crippen LogP contribution in [0, 0.1) is 0 Å². The van der Waals surface area contributed by atoms with Crippen LogP contribution in [-0.2, 0) is 14.3 Å². The Balaban J connectivity index is 1.45. The normalized spacial score (nSPS) is 20.4. The Bertz CT molecular complexity index is 1130. The zero-order chi connectivity index (χ0) is 25.6. The SMILES string of the molecule is CC(=O)NC1C(C(=O)NC2CCCCC2)=C(c2ccccc2)c2ccc(OCCN3CCOCC3)cc21. The van der Waals surface area contributed by atoms with E-state index in [1.807, 2.05) is 48.5 Å². The zero-order valence-electron chi connectivity index (χ0n) is 21.6. The number of hydrogen-bond acceptors (Lipinski definition) is 5. The Morgan fingerprint density at radius 3 is 2.49 bits per heavy atom. The van der Waals surface area contributed by atoms with Gasteiger partial charge in [-0.3, -0.25) is 14.5 Å². The topological polar surface area (TPSA) is 79.9 Å². The lowest BCUT2D eigenvalue weighted by Gasteiger charge is -2.26. The van der Waals surface area contributed by atoms with Crippen LogP contribution in [0.3, 0.4) is 0 Å². The van der Waals surface area contributed by atoms with E-state index in [0.29, 0.717) is 12.2 Å². The summed E-state index contributed by atoms with van der Waals surface area (Å²) < 4.78 is 11.6. The Labute approximate surface area is 219 Å². The van der Waals surface area contributed by atoms with Crippen LogP contribution in [0.2, 0.25) is 0 Å². The minimum absolute atomic E-state index is 0.101. The van der Waals surface area contributed by atoms with Gasteiger partial charge >= 0.3 is 0 Å². The molecular weight excluding hydrogens is 466 g/mol. The van der Waals surface area contributed by atoms with Crippen LogP contribution in [0.15, 0.2) is 54.1 Å². The maximum Gasteiger partial charge on any atom is 0.250 e. The van der Waals surface area contributed by atoms with Crippen LogP contribution in [0.1, 0.15) is 61.8 Å².